The van der Waals surface area contributed by atoms with E-state index in [0.717, 1.165) is 0 Å². The van der Waals surface area contributed by atoms with Crippen LogP contribution in [-0.2, 0) is 21.7 Å². The van der Waals surface area contributed by atoms with Crippen LogP contribution in [0.25, 0.3) is 0 Å². The summed E-state index contributed by atoms with van der Waals surface area (Å²) in [4.78, 5) is 21.5. The Kier molecular flexibility index (Phi) is 5.35. The second kappa shape index (κ2) is 7.65. The molecule has 0 saturated carbocycles. The van der Waals surface area contributed by atoms with E-state index in [0.29, 0.717) is 30.0 Å². The van der Waals surface area contributed by atoms with Crippen LogP contribution in [0.2, 0.25) is 0 Å². The summed E-state index contributed by atoms with van der Waals surface area (Å²) >= 11 is 0. The minimum Gasteiger partial charge on any atom is -0.495 e. The highest BCUT2D eigenvalue weighted by Gasteiger charge is 2.56. The minimum absolute atomic E-state index is 0.0395. The third-order valence-electron chi connectivity index (χ3n) is 6.59. The predicted octanol–water partition coefficient (Wildman–Crippen LogP) is 3.26. The summed E-state index contributed by atoms with van der Waals surface area (Å²) < 4.78 is 37.6. The van der Waals surface area contributed by atoms with E-state index in [4.69, 9.17) is 10.5 Å². The lowest BCUT2D eigenvalue weighted by atomic mass is 9.84. The van der Waals surface area contributed by atoms with Crippen LogP contribution in [0.4, 0.5) is 4.39 Å². The molecule has 0 spiro atoms. The lowest BCUT2D eigenvalue weighted by Crippen LogP contribution is -2.58. The number of hydrogen-bond donors (Lipinski definition) is 1. The molecule has 170 valence electrons. The Morgan fingerprint density at radius 1 is 1.28 bits per heavy atom. The number of nitrogens with zero attached hydrogens (tertiary/aromatic N) is 3. The maximum atomic E-state index is 15.1. The van der Waals surface area contributed by atoms with E-state index in [1.807, 2.05) is 0 Å². The highest BCUT2D eigenvalue weighted by atomic mass is 32.2. The van der Waals surface area contributed by atoms with Gasteiger partial charge in [0.1, 0.15) is 33.4 Å². The quantitative estimate of drug-likeness (QED) is 0.692. The zero-order valence-electron chi connectivity index (χ0n) is 18.6. The molecule has 2 N–H and O–H groups in total. The normalized spacial score (nSPS) is 28.4. The van der Waals surface area contributed by atoms with Gasteiger partial charge in [0.05, 0.1) is 28.3 Å². The summed E-state index contributed by atoms with van der Waals surface area (Å²) in [5.41, 5.74) is 6.30. The summed E-state index contributed by atoms with van der Waals surface area (Å²) in [5.74, 6) is 0.0778. The zero-order chi connectivity index (χ0) is 23.3. The second-order valence-corrected chi connectivity index (χ2v) is 11.8. The van der Waals surface area contributed by atoms with Gasteiger partial charge in [-0.05, 0) is 57.0 Å². The van der Waals surface area contributed by atoms with E-state index in [-0.39, 0.29) is 23.6 Å². The van der Waals surface area contributed by atoms with Gasteiger partial charge in [-0.25, -0.2) is 17.9 Å². The number of Topliss-reactive ketones (excluding diaryl/α,β-unsaturated/α-hetero) is 1. The molecule has 0 radical (unpaired) electrons. The number of rotatable bonds is 5. The Balaban J connectivity index is 1.73. The lowest BCUT2D eigenvalue weighted by molar-refractivity contribution is 0.0988. The van der Waals surface area contributed by atoms with Crippen molar-refractivity contribution >= 4 is 21.3 Å². The van der Waals surface area contributed by atoms with Gasteiger partial charge < -0.3 is 10.5 Å². The highest BCUT2D eigenvalue weighted by Crippen LogP contribution is 2.47. The number of methoxy groups -OCH3 is 1. The van der Waals surface area contributed by atoms with E-state index in [9.17, 15) is 9.00 Å². The molecule has 32 heavy (non-hydrogen) atoms. The molecule has 1 aromatic carbocycles. The summed E-state index contributed by atoms with van der Waals surface area (Å²) in [6, 6.07) is 7.78. The van der Waals surface area contributed by atoms with Crippen molar-refractivity contribution in [3.8, 4) is 5.75 Å². The molecule has 2 aliphatic rings. The Morgan fingerprint density at radius 2 is 2.03 bits per heavy atom. The number of carbonyl (C=O) groups is 1. The first-order valence-corrected chi connectivity index (χ1v) is 12.0. The average Bonchev–Trinajstić information content (AvgIpc) is 3.18. The van der Waals surface area contributed by atoms with Gasteiger partial charge in [-0.1, -0.05) is 6.07 Å². The maximum absolute atomic E-state index is 15.1. The summed E-state index contributed by atoms with van der Waals surface area (Å²) in [5, 5.41) is -0.471. The minimum atomic E-state index is -2.77. The molecule has 4 rings (SSSR count). The lowest BCUT2D eigenvalue weighted by Gasteiger charge is -2.44. The Bertz CT molecular complexity index is 1230. The fourth-order valence-corrected chi connectivity index (χ4v) is 7.68. The maximum Gasteiger partial charge on any atom is 0.185 e. The molecule has 3 heterocycles. The largest absolute Gasteiger partial charge is 0.495 e. The molecular formula is C23H27FN4O3S. The number of hydrogen-bond acceptors (Lipinski definition) is 7. The number of ether oxygens (including phenoxy) is 1. The van der Waals surface area contributed by atoms with Gasteiger partial charge in [0.15, 0.2) is 5.78 Å². The van der Waals surface area contributed by atoms with E-state index >= 15 is 4.39 Å². The summed E-state index contributed by atoms with van der Waals surface area (Å²) in [6.45, 7) is 5.75. The van der Waals surface area contributed by atoms with Crippen LogP contribution in [0, 0.1) is 5.82 Å². The van der Waals surface area contributed by atoms with Crippen molar-refractivity contribution in [1.82, 2.24) is 4.98 Å². The number of pyridine rings is 1. The third-order valence-corrected chi connectivity index (χ3v) is 10.3. The van der Waals surface area contributed by atoms with Gasteiger partial charge in [-0.15, -0.1) is 0 Å². The van der Waals surface area contributed by atoms with E-state index in [1.54, 1.807) is 45.0 Å². The van der Waals surface area contributed by atoms with Crippen molar-refractivity contribution < 1.29 is 18.1 Å². The smallest absolute Gasteiger partial charge is 0.185 e. The molecule has 3 atom stereocenters. The molecule has 1 aromatic heterocycles. The fraction of sp³-hybridized carbons (Fsp3) is 0.435. The number of carbonyl (C=O) groups excluding carboxylic acids is 1. The van der Waals surface area contributed by atoms with E-state index in [1.165, 1.54) is 19.4 Å². The zero-order valence-corrected chi connectivity index (χ0v) is 19.4. The first-order valence-electron chi connectivity index (χ1n) is 10.4. The van der Waals surface area contributed by atoms with Crippen LogP contribution in [0.5, 0.6) is 5.75 Å². The van der Waals surface area contributed by atoms with E-state index in [2.05, 4.69) is 14.3 Å². The number of aromatic nitrogens is 1. The van der Waals surface area contributed by atoms with Crippen LogP contribution in [0.15, 0.2) is 45.9 Å². The van der Waals surface area contributed by atoms with Gasteiger partial charge >= 0.3 is 0 Å². The molecule has 2 aliphatic heterocycles. The Hall–Kier alpha value is -2.81. The number of ketones is 1. The number of halogens is 1. The van der Waals surface area contributed by atoms with Crippen LogP contribution in [0.3, 0.4) is 0 Å². The topological polar surface area (TPSA) is 107 Å². The molecule has 7 nitrogen and oxygen atoms in total. The molecular weight excluding hydrogens is 431 g/mol. The standard InChI is InChI=1S/C23H27FN4O3S/c1-22(2)21(25)28-23(3,20-9-10-27-32(20,22)30)16-11-14(5-7-17(16)24)12-19(29)18-8-6-15(31-4)13-26-18/h5-8,11,13,20H,9-10,12H2,1-4H3,(H2,25,28)/t20-,23+,32+/m0/s1. The van der Waals surface area contributed by atoms with Crippen LogP contribution < -0.4 is 10.5 Å². The number of aliphatic imine (C=N–C) groups is 1. The number of nitrogens with two attached hydrogens (primary N) is 1. The molecule has 0 aliphatic carbocycles. The molecule has 0 bridgehead atoms. The predicted molar refractivity (Wildman–Crippen MR) is 122 cm³/mol. The van der Waals surface area contributed by atoms with Crippen molar-refractivity contribution in [2.24, 2.45) is 15.1 Å². The molecule has 9 heteroatoms. The first-order chi connectivity index (χ1) is 15.0. The van der Waals surface area contributed by atoms with Crippen molar-refractivity contribution in [3.63, 3.8) is 0 Å². The van der Waals surface area contributed by atoms with Gasteiger partial charge in [0.25, 0.3) is 0 Å². The number of amidine groups is 1. The Morgan fingerprint density at radius 3 is 2.69 bits per heavy atom. The van der Waals surface area contributed by atoms with Gasteiger partial charge in [0, 0.05) is 18.5 Å². The highest BCUT2D eigenvalue weighted by molar-refractivity contribution is 7.96. The van der Waals surface area contributed by atoms with Crippen molar-refractivity contribution in [2.75, 3.05) is 13.7 Å². The van der Waals surface area contributed by atoms with Crippen molar-refractivity contribution in [2.45, 2.75) is 49.1 Å². The second-order valence-electron chi connectivity index (χ2n) is 8.85. The average molecular weight is 459 g/mol. The molecule has 2 aromatic rings. The van der Waals surface area contributed by atoms with Crippen LogP contribution in [-0.4, -0.2) is 44.5 Å². The first kappa shape index (κ1) is 22.4. The summed E-state index contributed by atoms with van der Waals surface area (Å²) in [6.07, 6.45) is 2.05. The monoisotopic (exact) mass is 458 g/mol. The van der Waals surface area contributed by atoms with Crippen LogP contribution in [0.1, 0.15) is 48.8 Å². The SMILES string of the molecule is COc1ccc(C(=O)Cc2ccc(F)c([C@@]3(C)N=C(N)C(C)(C)[S@@]4(=O)=NCC[C@@H]34)c2)nc1. The summed E-state index contributed by atoms with van der Waals surface area (Å²) in [7, 11) is -1.24. The number of fused-ring (bicyclic) bond motifs is 1. The van der Waals surface area contributed by atoms with Gasteiger partial charge in [0.2, 0.25) is 0 Å². The molecule has 0 unspecified atom stereocenters. The molecule has 0 saturated heterocycles. The van der Waals surface area contributed by atoms with Gasteiger partial charge in [-0.2, -0.15) is 0 Å². The van der Waals surface area contributed by atoms with Crippen molar-refractivity contribution in [3.05, 3.63) is 59.2 Å². The van der Waals surface area contributed by atoms with Crippen molar-refractivity contribution in [1.29, 1.82) is 0 Å². The number of benzene rings is 1. The fourth-order valence-electron chi connectivity index (χ4n) is 4.52. The van der Waals surface area contributed by atoms with Crippen LogP contribution >= 0.6 is 0 Å². The molecule has 0 fully saturated rings. The third kappa shape index (κ3) is 3.30. The Labute approximate surface area is 187 Å². The van der Waals surface area contributed by atoms with E-state index < -0.39 is 31.1 Å². The van der Waals surface area contributed by atoms with Gasteiger partial charge in [-0.3, -0.25) is 9.79 Å². The molecule has 0 amide bonds.